The fourth-order valence-corrected chi connectivity index (χ4v) is 0.511. The molecule has 4 nitrogen and oxygen atoms in total. The summed E-state index contributed by atoms with van der Waals surface area (Å²) in [5.74, 6) is 1.40. The van der Waals surface area contributed by atoms with Gasteiger partial charge in [0.25, 0.3) is 0 Å². The van der Waals surface area contributed by atoms with E-state index in [4.69, 9.17) is 4.52 Å². The molecule has 0 bridgehead atoms. The molecule has 2 N–H and O–H groups in total. The monoisotopic (exact) mass is 127 g/mol. The highest BCUT2D eigenvalue weighted by Crippen LogP contribution is 2.11. The average Bonchev–Trinajstić information content (AvgIpc) is 2.34. The van der Waals surface area contributed by atoms with E-state index in [1.165, 1.54) is 0 Å². The minimum atomic E-state index is 0.666. The maximum atomic E-state index is 4.78. The van der Waals surface area contributed by atoms with E-state index < -0.39 is 0 Å². The van der Waals surface area contributed by atoms with Gasteiger partial charge >= 0.3 is 0 Å². The molecule has 0 aliphatic carbocycles. The Balaban J connectivity index is 2.74. The molecule has 0 aliphatic heterocycles. The van der Waals surface area contributed by atoms with Gasteiger partial charge in [-0.3, -0.25) is 0 Å². The molecule has 0 radical (unpaired) electrons. The lowest BCUT2D eigenvalue weighted by molar-refractivity contribution is 0.437. The molecule has 0 aromatic carbocycles. The van der Waals surface area contributed by atoms with Crippen molar-refractivity contribution < 1.29 is 4.52 Å². The van der Waals surface area contributed by atoms with E-state index in [2.05, 4.69) is 15.8 Å². The lowest BCUT2D eigenvalue weighted by Crippen LogP contribution is -1.85. The third kappa shape index (κ3) is 1.13. The lowest BCUT2D eigenvalue weighted by atomic mass is 10.6. The van der Waals surface area contributed by atoms with Gasteiger partial charge in [0.2, 0.25) is 5.88 Å². The first-order valence-corrected chi connectivity index (χ1v) is 2.69. The highest BCUT2D eigenvalue weighted by Gasteiger charge is 1.96. The van der Waals surface area contributed by atoms with E-state index in [1.807, 2.05) is 0 Å². The van der Waals surface area contributed by atoms with Crippen LogP contribution in [0.1, 0.15) is 0 Å². The van der Waals surface area contributed by atoms with E-state index in [9.17, 15) is 0 Å². The molecule has 1 heterocycles. The van der Waals surface area contributed by atoms with E-state index >= 15 is 0 Å². The summed E-state index contributed by atoms with van der Waals surface area (Å²) < 4.78 is 4.78. The van der Waals surface area contributed by atoms with Gasteiger partial charge < -0.3 is 15.2 Å². The molecule has 0 aliphatic rings. The number of rotatable bonds is 2. The Hall–Kier alpha value is -1.19. The van der Waals surface area contributed by atoms with Crippen LogP contribution < -0.4 is 10.6 Å². The zero-order chi connectivity index (χ0) is 6.69. The molecule has 9 heavy (non-hydrogen) atoms. The van der Waals surface area contributed by atoms with Crippen molar-refractivity contribution in [3.05, 3.63) is 6.07 Å². The maximum absolute atomic E-state index is 4.78. The summed E-state index contributed by atoms with van der Waals surface area (Å²) >= 11 is 0. The second-order valence-electron chi connectivity index (χ2n) is 1.58. The Labute approximate surface area is 53.2 Å². The summed E-state index contributed by atoms with van der Waals surface area (Å²) in [5, 5.41) is 9.31. The Morgan fingerprint density at radius 3 is 2.56 bits per heavy atom. The van der Waals surface area contributed by atoms with Gasteiger partial charge in [0.1, 0.15) is 0 Å². The van der Waals surface area contributed by atoms with E-state index in [-0.39, 0.29) is 0 Å². The van der Waals surface area contributed by atoms with Crippen LogP contribution in [0.4, 0.5) is 11.7 Å². The molecule has 0 saturated carbocycles. The van der Waals surface area contributed by atoms with Crippen LogP contribution in [0.5, 0.6) is 0 Å². The number of nitrogens with one attached hydrogen (secondary N) is 2. The van der Waals surface area contributed by atoms with Gasteiger partial charge in [-0.05, 0) is 0 Å². The molecule has 1 rings (SSSR count). The second kappa shape index (κ2) is 2.39. The lowest BCUT2D eigenvalue weighted by Gasteiger charge is -1.84. The Morgan fingerprint density at radius 2 is 2.22 bits per heavy atom. The van der Waals surface area contributed by atoms with Crippen LogP contribution in [0.25, 0.3) is 0 Å². The first-order valence-electron chi connectivity index (χ1n) is 2.69. The topological polar surface area (TPSA) is 50.1 Å². The first-order chi connectivity index (χ1) is 4.36. The molecular weight excluding hydrogens is 118 g/mol. The van der Waals surface area contributed by atoms with E-state index in [1.54, 1.807) is 20.2 Å². The summed E-state index contributed by atoms with van der Waals surface area (Å²) in [6.45, 7) is 0. The van der Waals surface area contributed by atoms with Crippen LogP contribution >= 0.6 is 0 Å². The molecule has 0 fully saturated rings. The molecule has 50 valence electrons. The SMILES string of the molecule is CNc1cc(NC)on1. The van der Waals surface area contributed by atoms with Crippen molar-refractivity contribution in [1.82, 2.24) is 5.16 Å². The Bertz CT molecular complexity index is 166. The highest BCUT2D eigenvalue weighted by atomic mass is 16.5. The van der Waals surface area contributed by atoms with Gasteiger partial charge in [0.15, 0.2) is 5.82 Å². The van der Waals surface area contributed by atoms with Crippen LogP contribution in [-0.2, 0) is 0 Å². The molecule has 0 spiro atoms. The summed E-state index contributed by atoms with van der Waals surface area (Å²) in [5.41, 5.74) is 0. The Morgan fingerprint density at radius 1 is 1.44 bits per heavy atom. The largest absolute Gasteiger partial charge is 0.370 e. The molecule has 1 aromatic rings. The number of hydrogen-bond acceptors (Lipinski definition) is 4. The standard InChI is InChI=1S/C5H9N3O/c1-6-4-3-5(7-2)9-8-4/h3,7H,1-2H3,(H,6,8). The van der Waals surface area contributed by atoms with Crippen LogP contribution in [0.3, 0.4) is 0 Å². The predicted molar refractivity (Wildman–Crippen MR) is 35.6 cm³/mol. The summed E-state index contributed by atoms with van der Waals surface area (Å²) in [6.07, 6.45) is 0. The van der Waals surface area contributed by atoms with Crippen molar-refractivity contribution in [3.63, 3.8) is 0 Å². The number of nitrogens with zero attached hydrogens (tertiary/aromatic N) is 1. The van der Waals surface area contributed by atoms with Crippen LogP contribution in [0, 0.1) is 0 Å². The fraction of sp³-hybridized carbons (Fsp3) is 0.400. The van der Waals surface area contributed by atoms with Crippen molar-refractivity contribution in [2.24, 2.45) is 0 Å². The van der Waals surface area contributed by atoms with Gasteiger partial charge in [-0.1, -0.05) is 5.16 Å². The highest BCUT2D eigenvalue weighted by molar-refractivity contribution is 5.43. The van der Waals surface area contributed by atoms with Crippen molar-refractivity contribution in [2.45, 2.75) is 0 Å². The number of anilines is 2. The minimum absolute atomic E-state index is 0.666. The van der Waals surface area contributed by atoms with Gasteiger partial charge in [0.05, 0.1) is 0 Å². The van der Waals surface area contributed by atoms with Crippen molar-refractivity contribution >= 4 is 11.7 Å². The first kappa shape index (κ1) is 5.94. The fourth-order valence-electron chi connectivity index (χ4n) is 0.511. The molecule has 0 saturated heterocycles. The molecule has 4 heteroatoms. The average molecular weight is 127 g/mol. The molecular formula is C5H9N3O. The third-order valence-electron chi connectivity index (χ3n) is 1.01. The molecule has 0 atom stereocenters. The molecule has 0 amide bonds. The predicted octanol–water partition coefficient (Wildman–Crippen LogP) is 0.758. The second-order valence-corrected chi connectivity index (χ2v) is 1.58. The van der Waals surface area contributed by atoms with Gasteiger partial charge in [-0.15, -0.1) is 0 Å². The smallest absolute Gasteiger partial charge is 0.226 e. The third-order valence-corrected chi connectivity index (χ3v) is 1.01. The quantitative estimate of drug-likeness (QED) is 0.615. The Kier molecular flexibility index (Phi) is 1.58. The minimum Gasteiger partial charge on any atom is -0.370 e. The summed E-state index contributed by atoms with van der Waals surface area (Å²) in [4.78, 5) is 0. The van der Waals surface area contributed by atoms with Crippen LogP contribution in [-0.4, -0.2) is 19.3 Å². The molecule has 1 aromatic heterocycles. The van der Waals surface area contributed by atoms with Gasteiger partial charge in [-0.2, -0.15) is 0 Å². The van der Waals surface area contributed by atoms with E-state index in [0.717, 1.165) is 5.82 Å². The van der Waals surface area contributed by atoms with E-state index in [0.29, 0.717) is 5.88 Å². The zero-order valence-corrected chi connectivity index (χ0v) is 5.43. The molecule has 0 unspecified atom stereocenters. The maximum Gasteiger partial charge on any atom is 0.226 e. The zero-order valence-electron chi connectivity index (χ0n) is 5.43. The van der Waals surface area contributed by atoms with Gasteiger partial charge in [-0.25, -0.2) is 0 Å². The van der Waals surface area contributed by atoms with Crippen molar-refractivity contribution in [3.8, 4) is 0 Å². The van der Waals surface area contributed by atoms with Crippen LogP contribution in [0.15, 0.2) is 10.6 Å². The number of hydrogen-bond donors (Lipinski definition) is 2. The summed E-state index contributed by atoms with van der Waals surface area (Å²) in [6, 6.07) is 1.78. The van der Waals surface area contributed by atoms with Gasteiger partial charge in [0, 0.05) is 20.2 Å². The van der Waals surface area contributed by atoms with Crippen LogP contribution in [0.2, 0.25) is 0 Å². The normalized spacial score (nSPS) is 9.11. The number of aromatic nitrogens is 1. The van der Waals surface area contributed by atoms with Crippen molar-refractivity contribution in [2.75, 3.05) is 24.7 Å². The summed E-state index contributed by atoms with van der Waals surface area (Å²) in [7, 11) is 3.57. The van der Waals surface area contributed by atoms with Crippen molar-refractivity contribution in [1.29, 1.82) is 0 Å².